The molecule has 1 aromatic carbocycles. The van der Waals surface area contributed by atoms with Crippen LogP contribution in [0, 0.1) is 11.8 Å². The molecule has 2 heterocycles. The molecule has 2 fully saturated rings. The van der Waals surface area contributed by atoms with Crippen molar-refractivity contribution < 1.29 is 9.63 Å². The number of Topliss-reactive ketones (excluding diaryl/α,β-unsaturated/α-hetero) is 1. The standard InChI is InChI=1S/C18H19NO2/c20-17-8-9-19-18(16(17)11-21-19)13-5-3-7-15(18)14-6-2-1-4-12(14)10-13/h1-6,13,15-16H,7-11H2/t13?,15?,16?,18-/m0/s1. The molecule has 0 amide bonds. The summed E-state index contributed by atoms with van der Waals surface area (Å²) in [7, 11) is 0. The van der Waals surface area contributed by atoms with Gasteiger partial charge in [0.15, 0.2) is 0 Å². The molecule has 5 atom stereocenters. The van der Waals surface area contributed by atoms with Gasteiger partial charge in [-0.1, -0.05) is 36.4 Å². The summed E-state index contributed by atoms with van der Waals surface area (Å²) in [5, 5.41) is 2.19. The smallest absolute Gasteiger partial charge is 0.141 e. The van der Waals surface area contributed by atoms with E-state index >= 15 is 0 Å². The molecule has 0 N–H and O–H groups in total. The topological polar surface area (TPSA) is 29.5 Å². The summed E-state index contributed by atoms with van der Waals surface area (Å²) >= 11 is 0. The minimum absolute atomic E-state index is 0.0551. The molecule has 5 rings (SSSR count). The molecular weight excluding hydrogens is 262 g/mol. The van der Waals surface area contributed by atoms with E-state index in [9.17, 15) is 4.79 Å². The van der Waals surface area contributed by atoms with Crippen LogP contribution >= 0.6 is 0 Å². The van der Waals surface area contributed by atoms with Crippen LogP contribution in [0.5, 0.6) is 0 Å². The molecule has 2 saturated heterocycles. The number of ketones is 1. The predicted octanol–water partition coefficient (Wildman–Crippen LogP) is 2.48. The number of benzene rings is 1. The fourth-order valence-electron chi connectivity index (χ4n) is 5.32. The maximum Gasteiger partial charge on any atom is 0.141 e. The van der Waals surface area contributed by atoms with Crippen LogP contribution in [-0.2, 0) is 16.1 Å². The van der Waals surface area contributed by atoms with Crippen molar-refractivity contribution in [3.05, 3.63) is 47.5 Å². The third-order valence-electron chi connectivity index (χ3n) is 6.10. The monoisotopic (exact) mass is 281 g/mol. The zero-order valence-corrected chi connectivity index (χ0v) is 12.0. The third-order valence-corrected chi connectivity index (χ3v) is 6.10. The van der Waals surface area contributed by atoms with Gasteiger partial charge in [-0.15, -0.1) is 0 Å². The molecule has 0 saturated carbocycles. The number of allylic oxidation sites excluding steroid dienone is 1. The van der Waals surface area contributed by atoms with Crippen LogP contribution in [0.2, 0.25) is 0 Å². The molecule has 21 heavy (non-hydrogen) atoms. The lowest BCUT2D eigenvalue weighted by molar-refractivity contribution is -0.194. The molecule has 1 aromatic rings. The Morgan fingerprint density at radius 2 is 2.14 bits per heavy atom. The zero-order valence-electron chi connectivity index (χ0n) is 12.0. The Balaban J connectivity index is 1.74. The Labute approximate surface area is 124 Å². The SMILES string of the molecule is O=C1CCN2OCC1[C@@]21C2C=CCC1c1ccccc1C2. The van der Waals surface area contributed by atoms with E-state index in [0.717, 1.165) is 19.4 Å². The summed E-state index contributed by atoms with van der Waals surface area (Å²) in [4.78, 5) is 18.5. The maximum atomic E-state index is 12.5. The first-order chi connectivity index (χ1) is 10.3. The van der Waals surface area contributed by atoms with Gasteiger partial charge < -0.3 is 0 Å². The Bertz CT molecular complexity index is 652. The highest BCUT2D eigenvalue weighted by Gasteiger charge is 2.65. The molecule has 4 unspecified atom stereocenters. The van der Waals surface area contributed by atoms with Crippen LogP contribution in [0.25, 0.3) is 0 Å². The number of hydroxylamine groups is 2. The van der Waals surface area contributed by atoms with Gasteiger partial charge in [-0.05, 0) is 24.0 Å². The molecule has 108 valence electrons. The first-order valence-electron chi connectivity index (χ1n) is 7.99. The maximum absolute atomic E-state index is 12.5. The Morgan fingerprint density at radius 1 is 1.24 bits per heavy atom. The van der Waals surface area contributed by atoms with Crippen molar-refractivity contribution in [2.45, 2.75) is 30.7 Å². The van der Waals surface area contributed by atoms with Crippen molar-refractivity contribution in [1.29, 1.82) is 0 Å². The number of carbonyl (C=O) groups excluding carboxylic acids is 1. The van der Waals surface area contributed by atoms with Gasteiger partial charge in [-0.25, -0.2) is 0 Å². The molecule has 1 spiro atoms. The molecule has 4 aliphatic rings. The Hall–Kier alpha value is -1.45. The number of rotatable bonds is 0. The van der Waals surface area contributed by atoms with Crippen LogP contribution in [0.3, 0.4) is 0 Å². The van der Waals surface area contributed by atoms with Crippen molar-refractivity contribution in [2.24, 2.45) is 11.8 Å². The number of fused-ring (bicyclic) bond motifs is 2. The minimum atomic E-state index is -0.113. The molecule has 3 heteroatoms. The highest BCUT2D eigenvalue weighted by molar-refractivity contribution is 5.84. The Morgan fingerprint density at radius 3 is 3.10 bits per heavy atom. The number of hydrogen-bond donors (Lipinski definition) is 0. The second-order valence-electron chi connectivity index (χ2n) is 6.78. The first-order valence-corrected chi connectivity index (χ1v) is 7.99. The van der Waals surface area contributed by atoms with Gasteiger partial charge in [0.2, 0.25) is 0 Å². The third kappa shape index (κ3) is 1.34. The second-order valence-corrected chi connectivity index (χ2v) is 6.78. The van der Waals surface area contributed by atoms with E-state index in [0.29, 0.717) is 30.6 Å². The molecule has 0 radical (unpaired) electrons. The van der Waals surface area contributed by atoms with Crippen molar-refractivity contribution in [3.8, 4) is 0 Å². The predicted molar refractivity (Wildman–Crippen MR) is 78.6 cm³/mol. The normalized spacial score (nSPS) is 43.1. The van der Waals surface area contributed by atoms with Gasteiger partial charge in [0.05, 0.1) is 18.1 Å². The summed E-state index contributed by atoms with van der Waals surface area (Å²) < 4.78 is 0. The van der Waals surface area contributed by atoms with Crippen LogP contribution in [-0.4, -0.2) is 29.5 Å². The fourth-order valence-corrected chi connectivity index (χ4v) is 5.32. The van der Waals surface area contributed by atoms with Crippen molar-refractivity contribution in [3.63, 3.8) is 0 Å². The van der Waals surface area contributed by atoms with E-state index in [1.54, 1.807) is 0 Å². The summed E-state index contributed by atoms with van der Waals surface area (Å²) in [6, 6.07) is 8.78. The van der Waals surface area contributed by atoms with Crippen LogP contribution in [0.1, 0.15) is 29.9 Å². The average molecular weight is 281 g/mol. The zero-order chi connectivity index (χ0) is 14.0. The van der Waals surface area contributed by atoms with Crippen LogP contribution in [0.4, 0.5) is 0 Å². The fraction of sp³-hybridized carbons (Fsp3) is 0.500. The molecule has 2 aliphatic carbocycles. The lowest BCUT2D eigenvalue weighted by atomic mass is 9.54. The lowest BCUT2D eigenvalue weighted by Gasteiger charge is -2.56. The van der Waals surface area contributed by atoms with Gasteiger partial charge in [0.1, 0.15) is 5.78 Å². The van der Waals surface area contributed by atoms with Crippen LogP contribution < -0.4 is 0 Å². The van der Waals surface area contributed by atoms with Gasteiger partial charge in [0.25, 0.3) is 0 Å². The second kappa shape index (κ2) is 4.05. The van der Waals surface area contributed by atoms with Crippen LogP contribution in [0.15, 0.2) is 36.4 Å². The first kappa shape index (κ1) is 12.1. The molecule has 2 aliphatic heterocycles. The summed E-state index contributed by atoms with van der Waals surface area (Å²) in [5.41, 5.74) is 2.78. The lowest BCUT2D eigenvalue weighted by Crippen LogP contribution is -2.64. The molecule has 3 nitrogen and oxygen atoms in total. The van der Waals surface area contributed by atoms with E-state index in [4.69, 9.17) is 4.84 Å². The van der Waals surface area contributed by atoms with Gasteiger partial charge in [-0.3, -0.25) is 9.63 Å². The van der Waals surface area contributed by atoms with E-state index in [1.807, 2.05) is 0 Å². The Kier molecular flexibility index (Phi) is 2.34. The largest absolute Gasteiger partial charge is 0.299 e. The summed E-state index contributed by atoms with van der Waals surface area (Å²) in [6.07, 6.45) is 7.37. The summed E-state index contributed by atoms with van der Waals surface area (Å²) in [6.45, 7) is 1.35. The van der Waals surface area contributed by atoms with E-state index in [-0.39, 0.29) is 11.5 Å². The number of carbonyl (C=O) groups is 1. The van der Waals surface area contributed by atoms with Gasteiger partial charge >= 0.3 is 0 Å². The molecular formula is C18H19NO2. The number of piperidine rings is 1. The highest BCUT2D eigenvalue weighted by Crippen LogP contribution is 2.58. The highest BCUT2D eigenvalue weighted by atomic mass is 16.7. The van der Waals surface area contributed by atoms with Gasteiger partial charge in [-0.2, -0.15) is 5.06 Å². The average Bonchev–Trinajstić information content (AvgIpc) is 2.72. The van der Waals surface area contributed by atoms with E-state index in [2.05, 4.69) is 41.5 Å². The number of nitrogens with zero attached hydrogens (tertiary/aromatic N) is 1. The molecule has 4 bridgehead atoms. The van der Waals surface area contributed by atoms with E-state index < -0.39 is 0 Å². The molecule has 0 aromatic heterocycles. The summed E-state index contributed by atoms with van der Waals surface area (Å²) in [5.74, 6) is 1.27. The van der Waals surface area contributed by atoms with E-state index in [1.165, 1.54) is 11.1 Å². The van der Waals surface area contributed by atoms with Gasteiger partial charge in [0, 0.05) is 24.8 Å². The van der Waals surface area contributed by atoms with Crippen molar-refractivity contribution in [2.75, 3.05) is 13.2 Å². The van der Waals surface area contributed by atoms with Crippen molar-refractivity contribution >= 4 is 5.78 Å². The van der Waals surface area contributed by atoms with Crippen molar-refractivity contribution in [1.82, 2.24) is 5.06 Å². The quantitative estimate of drug-likeness (QED) is 0.684. The minimum Gasteiger partial charge on any atom is -0.299 e. The number of hydrogen-bond acceptors (Lipinski definition) is 3.